The first kappa shape index (κ1) is 17.0. The van der Waals surface area contributed by atoms with E-state index in [0.29, 0.717) is 15.7 Å². The van der Waals surface area contributed by atoms with Crippen molar-refractivity contribution in [1.29, 1.82) is 0 Å². The maximum atomic E-state index is 12.2. The van der Waals surface area contributed by atoms with E-state index in [4.69, 9.17) is 23.2 Å². The average Bonchev–Trinajstić information content (AvgIpc) is 2.98. The number of anilines is 1. The number of nitrogens with zero attached hydrogens (tertiary/aromatic N) is 1. The number of amides is 1. The van der Waals surface area contributed by atoms with E-state index in [2.05, 4.69) is 16.4 Å². The van der Waals surface area contributed by atoms with E-state index in [1.807, 2.05) is 30.5 Å². The molecule has 3 aromatic rings. The first-order chi connectivity index (χ1) is 11.5. The summed E-state index contributed by atoms with van der Waals surface area (Å²) in [6, 6.07) is 13.1. The van der Waals surface area contributed by atoms with Crippen molar-refractivity contribution in [2.45, 2.75) is 13.3 Å². The maximum Gasteiger partial charge on any atom is 0.230 e. The molecule has 1 N–H and O–H groups in total. The summed E-state index contributed by atoms with van der Waals surface area (Å²) < 4.78 is 0. The van der Waals surface area contributed by atoms with Gasteiger partial charge in [-0.05, 0) is 31.2 Å². The average molecular weight is 377 g/mol. The van der Waals surface area contributed by atoms with Gasteiger partial charge in [0.2, 0.25) is 5.91 Å². The number of halogens is 2. The SMILES string of the molecule is Cc1cccc(-c2nc(CC(=O)Nc3ccc(Cl)cc3Cl)cs2)c1. The molecule has 0 radical (unpaired) electrons. The first-order valence-electron chi connectivity index (χ1n) is 7.27. The summed E-state index contributed by atoms with van der Waals surface area (Å²) in [5.74, 6) is -0.166. The summed E-state index contributed by atoms with van der Waals surface area (Å²) in [6.07, 6.45) is 0.196. The second-order valence-electron chi connectivity index (χ2n) is 5.36. The highest BCUT2D eigenvalue weighted by Crippen LogP contribution is 2.27. The van der Waals surface area contributed by atoms with Crippen LogP contribution in [0.5, 0.6) is 0 Å². The van der Waals surface area contributed by atoms with Crippen molar-refractivity contribution < 1.29 is 4.79 Å². The molecule has 0 unspecified atom stereocenters. The van der Waals surface area contributed by atoms with Crippen LogP contribution in [-0.2, 0) is 11.2 Å². The van der Waals surface area contributed by atoms with E-state index in [9.17, 15) is 4.79 Å². The number of aromatic nitrogens is 1. The van der Waals surface area contributed by atoms with Crippen LogP contribution in [0.1, 0.15) is 11.3 Å². The molecule has 1 heterocycles. The van der Waals surface area contributed by atoms with Gasteiger partial charge in [-0.1, -0.05) is 47.0 Å². The van der Waals surface area contributed by atoms with Crippen LogP contribution in [0.15, 0.2) is 47.8 Å². The van der Waals surface area contributed by atoms with E-state index in [0.717, 1.165) is 16.3 Å². The minimum absolute atomic E-state index is 0.166. The zero-order chi connectivity index (χ0) is 17.1. The zero-order valence-electron chi connectivity index (χ0n) is 12.8. The number of carbonyl (C=O) groups is 1. The molecule has 6 heteroatoms. The number of benzene rings is 2. The molecule has 3 rings (SSSR count). The smallest absolute Gasteiger partial charge is 0.230 e. The Kier molecular flexibility index (Phi) is 5.19. The van der Waals surface area contributed by atoms with Gasteiger partial charge in [0, 0.05) is 16.0 Å². The van der Waals surface area contributed by atoms with Gasteiger partial charge in [0.1, 0.15) is 5.01 Å². The number of nitrogens with one attached hydrogen (secondary N) is 1. The largest absolute Gasteiger partial charge is 0.324 e. The van der Waals surface area contributed by atoms with Crippen molar-refractivity contribution in [1.82, 2.24) is 4.98 Å². The Bertz CT molecular complexity index is 892. The summed E-state index contributed by atoms with van der Waals surface area (Å²) in [7, 11) is 0. The molecular formula is C18H14Cl2N2OS. The van der Waals surface area contributed by atoms with Crippen LogP contribution in [0.4, 0.5) is 5.69 Å². The maximum absolute atomic E-state index is 12.2. The van der Waals surface area contributed by atoms with Crippen LogP contribution in [-0.4, -0.2) is 10.9 Å². The molecule has 0 aliphatic carbocycles. The van der Waals surface area contributed by atoms with Crippen LogP contribution in [0.3, 0.4) is 0 Å². The number of hydrogen-bond donors (Lipinski definition) is 1. The predicted molar refractivity (Wildman–Crippen MR) is 101 cm³/mol. The molecule has 0 saturated carbocycles. The summed E-state index contributed by atoms with van der Waals surface area (Å²) >= 11 is 13.4. The van der Waals surface area contributed by atoms with Gasteiger partial charge in [0.15, 0.2) is 0 Å². The highest BCUT2D eigenvalue weighted by Gasteiger charge is 2.11. The molecule has 24 heavy (non-hydrogen) atoms. The fourth-order valence-electron chi connectivity index (χ4n) is 2.25. The van der Waals surface area contributed by atoms with E-state index in [1.54, 1.807) is 18.2 Å². The third-order valence-electron chi connectivity index (χ3n) is 3.36. The highest BCUT2D eigenvalue weighted by atomic mass is 35.5. The minimum Gasteiger partial charge on any atom is -0.324 e. The number of carbonyl (C=O) groups excluding carboxylic acids is 1. The third-order valence-corrected chi connectivity index (χ3v) is 4.85. The molecular weight excluding hydrogens is 363 g/mol. The topological polar surface area (TPSA) is 42.0 Å². The van der Waals surface area contributed by atoms with E-state index in [1.165, 1.54) is 16.9 Å². The van der Waals surface area contributed by atoms with Gasteiger partial charge in [0.25, 0.3) is 0 Å². The van der Waals surface area contributed by atoms with E-state index >= 15 is 0 Å². The molecule has 0 fully saturated rings. The Morgan fingerprint density at radius 3 is 2.79 bits per heavy atom. The standard InChI is InChI=1S/C18H14Cl2N2OS/c1-11-3-2-4-12(7-11)18-21-14(10-24-18)9-17(23)22-16-6-5-13(19)8-15(16)20/h2-8,10H,9H2,1H3,(H,22,23). The van der Waals surface area contributed by atoms with Gasteiger partial charge in [-0.25, -0.2) is 4.98 Å². The fraction of sp³-hybridized carbons (Fsp3) is 0.111. The molecule has 0 saturated heterocycles. The Balaban J connectivity index is 1.69. The Hall–Kier alpha value is -1.88. The van der Waals surface area contributed by atoms with Crippen LogP contribution in [0.25, 0.3) is 10.6 Å². The summed E-state index contributed by atoms with van der Waals surface area (Å²) in [5, 5.41) is 6.53. The normalized spacial score (nSPS) is 10.6. The lowest BCUT2D eigenvalue weighted by atomic mass is 10.1. The van der Waals surface area contributed by atoms with Crippen molar-refractivity contribution in [2.75, 3.05) is 5.32 Å². The third kappa shape index (κ3) is 4.15. The number of rotatable bonds is 4. The van der Waals surface area contributed by atoms with Crippen LogP contribution >= 0.6 is 34.5 Å². The predicted octanol–water partition coefficient (Wildman–Crippen LogP) is 5.61. The monoisotopic (exact) mass is 376 g/mol. The molecule has 0 aliphatic heterocycles. The second-order valence-corrected chi connectivity index (χ2v) is 7.06. The first-order valence-corrected chi connectivity index (χ1v) is 8.91. The van der Waals surface area contributed by atoms with Gasteiger partial charge >= 0.3 is 0 Å². The molecule has 0 atom stereocenters. The highest BCUT2D eigenvalue weighted by molar-refractivity contribution is 7.13. The van der Waals surface area contributed by atoms with Gasteiger partial charge < -0.3 is 5.32 Å². The zero-order valence-corrected chi connectivity index (χ0v) is 15.2. The fourth-order valence-corrected chi connectivity index (χ4v) is 3.52. The van der Waals surface area contributed by atoms with Crippen molar-refractivity contribution >= 4 is 46.1 Å². The minimum atomic E-state index is -0.166. The van der Waals surface area contributed by atoms with Crippen LogP contribution in [0.2, 0.25) is 10.0 Å². The van der Waals surface area contributed by atoms with Crippen molar-refractivity contribution in [3.8, 4) is 10.6 Å². The Morgan fingerprint density at radius 1 is 1.21 bits per heavy atom. The number of thiazole rings is 1. The molecule has 0 aliphatic rings. The number of hydrogen-bond acceptors (Lipinski definition) is 3. The molecule has 2 aromatic carbocycles. The van der Waals surface area contributed by atoms with Crippen molar-refractivity contribution in [2.24, 2.45) is 0 Å². The van der Waals surface area contributed by atoms with Crippen LogP contribution in [0, 0.1) is 6.92 Å². The lowest BCUT2D eigenvalue weighted by Crippen LogP contribution is -2.14. The second kappa shape index (κ2) is 7.34. The van der Waals surface area contributed by atoms with Crippen LogP contribution < -0.4 is 5.32 Å². The molecule has 0 spiro atoms. The summed E-state index contributed by atoms with van der Waals surface area (Å²) in [6.45, 7) is 2.04. The lowest BCUT2D eigenvalue weighted by Gasteiger charge is -2.06. The molecule has 0 bridgehead atoms. The van der Waals surface area contributed by atoms with Gasteiger partial charge in [-0.2, -0.15) is 0 Å². The number of aryl methyl sites for hydroxylation is 1. The van der Waals surface area contributed by atoms with Gasteiger partial charge in [-0.15, -0.1) is 11.3 Å². The molecule has 122 valence electrons. The lowest BCUT2D eigenvalue weighted by molar-refractivity contribution is -0.115. The molecule has 1 amide bonds. The quantitative estimate of drug-likeness (QED) is 0.642. The van der Waals surface area contributed by atoms with Crippen molar-refractivity contribution in [3.63, 3.8) is 0 Å². The molecule has 3 nitrogen and oxygen atoms in total. The summed E-state index contributed by atoms with van der Waals surface area (Å²) in [5.41, 5.74) is 3.52. The summed E-state index contributed by atoms with van der Waals surface area (Å²) in [4.78, 5) is 16.7. The van der Waals surface area contributed by atoms with Gasteiger partial charge in [0.05, 0.1) is 22.8 Å². The molecule has 1 aromatic heterocycles. The Morgan fingerprint density at radius 2 is 2.04 bits per heavy atom. The van der Waals surface area contributed by atoms with E-state index in [-0.39, 0.29) is 12.3 Å². The van der Waals surface area contributed by atoms with Gasteiger partial charge in [-0.3, -0.25) is 4.79 Å². The van der Waals surface area contributed by atoms with E-state index < -0.39 is 0 Å². The van der Waals surface area contributed by atoms with Crippen molar-refractivity contribution in [3.05, 3.63) is 69.1 Å². The Labute approximate surface area is 154 Å².